The molecule has 1 aromatic carbocycles. The Balaban J connectivity index is 2.18. The minimum Gasteiger partial charge on any atom is -0.309 e. The summed E-state index contributed by atoms with van der Waals surface area (Å²) in [6.07, 6.45) is 4.08. The molecular formula is C14H20N4. The highest BCUT2D eigenvalue weighted by Crippen LogP contribution is 2.16. The Kier molecular flexibility index (Phi) is 4.47. The van der Waals surface area contributed by atoms with Crippen LogP contribution in [0.15, 0.2) is 36.5 Å². The molecule has 0 fully saturated rings. The van der Waals surface area contributed by atoms with Crippen LogP contribution in [0.25, 0.3) is 5.69 Å². The molecule has 18 heavy (non-hydrogen) atoms. The highest BCUT2D eigenvalue weighted by molar-refractivity contribution is 5.28. The molecule has 0 radical (unpaired) electrons. The molecular weight excluding hydrogens is 224 g/mol. The van der Waals surface area contributed by atoms with Crippen LogP contribution in [-0.4, -0.2) is 21.5 Å². The molecule has 1 heterocycles. The fraction of sp³-hybridized carbons (Fsp3) is 0.429. The third-order valence-electron chi connectivity index (χ3n) is 2.88. The van der Waals surface area contributed by atoms with E-state index < -0.39 is 0 Å². The molecule has 4 heteroatoms. The van der Waals surface area contributed by atoms with Crippen molar-refractivity contribution in [1.82, 2.24) is 20.3 Å². The molecule has 2 aromatic rings. The standard InChI is InChI=1S/C14H20N4/c1-3-8-13(15-4-2)14-11-16-18(17-14)12-9-6-5-7-10-12/h5-7,9-11,13,15H,3-4,8H2,1-2H3. The van der Waals surface area contributed by atoms with Crippen LogP contribution in [0.4, 0.5) is 0 Å². The number of para-hydroxylation sites is 1. The van der Waals surface area contributed by atoms with E-state index in [0.29, 0.717) is 6.04 Å². The van der Waals surface area contributed by atoms with E-state index in [1.165, 1.54) is 0 Å². The van der Waals surface area contributed by atoms with E-state index in [9.17, 15) is 0 Å². The van der Waals surface area contributed by atoms with Gasteiger partial charge in [-0.3, -0.25) is 0 Å². The van der Waals surface area contributed by atoms with Crippen LogP contribution in [-0.2, 0) is 0 Å². The fourth-order valence-corrected chi connectivity index (χ4v) is 2.01. The van der Waals surface area contributed by atoms with Crippen molar-refractivity contribution in [2.45, 2.75) is 32.7 Å². The smallest absolute Gasteiger partial charge is 0.100 e. The lowest BCUT2D eigenvalue weighted by Crippen LogP contribution is -2.21. The minimum absolute atomic E-state index is 0.303. The quantitative estimate of drug-likeness (QED) is 0.849. The molecule has 1 unspecified atom stereocenters. The number of nitrogens with zero attached hydrogens (tertiary/aromatic N) is 3. The van der Waals surface area contributed by atoms with Crippen LogP contribution in [0.1, 0.15) is 38.4 Å². The summed E-state index contributed by atoms with van der Waals surface area (Å²) in [5, 5.41) is 12.3. The lowest BCUT2D eigenvalue weighted by molar-refractivity contribution is 0.494. The molecule has 0 saturated carbocycles. The number of hydrogen-bond donors (Lipinski definition) is 1. The van der Waals surface area contributed by atoms with Crippen LogP contribution in [0.3, 0.4) is 0 Å². The van der Waals surface area contributed by atoms with Gasteiger partial charge in [-0.25, -0.2) is 0 Å². The summed E-state index contributed by atoms with van der Waals surface area (Å²) >= 11 is 0. The normalized spacial score (nSPS) is 12.6. The first-order valence-corrected chi connectivity index (χ1v) is 6.56. The van der Waals surface area contributed by atoms with E-state index in [0.717, 1.165) is 30.8 Å². The SMILES string of the molecule is CCCC(NCC)c1cnn(-c2ccccc2)n1. The number of benzene rings is 1. The van der Waals surface area contributed by atoms with Crippen molar-refractivity contribution in [3.63, 3.8) is 0 Å². The van der Waals surface area contributed by atoms with Gasteiger partial charge < -0.3 is 5.32 Å². The Morgan fingerprint density at radius 3 is 2.67 bits per heavy atom. The molecule has 2 rings (SSSR count). The molecule has 1 N–H and O–H groups in total. The molecule has 1 atom stereocenters. The molecule has 0 aliphatic carbocycles. The molecule has 96 valence electrons. The highest BCUT2D eigenvalue weighted by atomic mass is 15.5. The summed E-state index contributed by atoms with van der Waals surface area (Å²) in [7, 11) is 0. The van der Waals surface area contributed by atoms with Crippen molar-refractivity contribution in [2.24, 2.45) is 0 Å². The van der Waals surface area contributed by atoms with Gasteiger partial charge >= 0.3 is 0 Å². The number of hydrogen-bond acceptors (Lipinski definition) is 3. The van der Waals surface area contributed by atoms with Crippen molar-refractivity contribution in [2.75, 3.05) is 6.54 Å². The second-order valence-corrected chi connectivity index (χ2v) is 4.29. The molecule has 0 spiro atoms. The van der Waals surface area contributed by atoms with E-state index in [2.05, 4.69) is 29.4 Å². The molecule has 1 aromatic heterocycles. The number of aromatic nitrogens is 3. The van der Waals surface area contributed by atoms with E-state index in [4.69, 9.17) is 0 Å². The average Bonchev–Trinajstić information content (AvgIpc) is 2.89. The predicted molar refractivity (Wildman–Crippen MR) is 72.7 cm³/mol. The zero-order valence-corrected chi connectivity index (χ0v) is 11.0. The monoisotopic (exact) mass is 244 g/mol. The van der Waals surface area contributed by atoms with Crippen molar-refractivity contribution in [1.29, 1.82) is 0 Å². The topological polar surface area (TPSA) is 42.7 Å². The Hall–Kier alpha value is -1.68. The van der Waals surface area contributed by atoms with E-state index in [-0.39, 0.29) is 0 Å². The summed E-state index contributed by atoms with van der Waals surface area (Å²) in [6, 6.07) is 10.3. The first-order chi connectivity index (χ1) is 8.85. The predicted octanol–water partition coefficient (Wildman–Crippen LogP) is 2.72. The maximum Gasteiger partial charge on any atom is 0.100 e. The first-order valence-electron chi connectivity index (χ1n) is 6.56. The second kappa shape index (κ2) is 6.31. The lowest BCUT2D eigenvalue weighted by atomic mass is 10.1. The van der Waals surface area contributed by atoms with Crippen LogP contribution in [0.5, 0.6) is 0 Å². The Morgan fingerprint density at radius 2 is 2.00 bits per heavy atom. The fourth-order valence-electron chi connectivity index (χ4n) is 2.01. The van der Waals surface area contributed by atoms with Crippen molar-refractivity contribution in [3.05, 3.63) is 42.2 Å². The maximum atomic E-state index is 4.56. The van der Waals surface area contributed by atoms with Gasteiger partial charge in [0.15, 0.2) is 0 Å². The van der Waals surface area contributed by atoms with Gasteiger partial charge in [0.05, 0.1) is 17.9 Å². The molecule has 0 amide bonds. The third-order valence-corrected chi connectivity index (χ3v) is 2.88. The van der Waals surface area contributed by atoms with Gasteiger partial charge in [-0.05, 0) is 25.1 Å². The Labute approximate surface area is 108 Å². The average molecular weight is 244 g/mol. The van der Waals surface area contributed by atoms with Gasteiger partial charge in [-0.2, -0.15) is 15.0 Å². The zero-order chi connectivity index (χ0) is 12.8. The molecule has 0 saturated heterocycles. The molecule has 0 aliphatic heterocycles. The number of rotatable bonds is 6. The summed E-state index contributed by atoms with van der Waals surface area (Å²) < 4.78 is 0. The van der Waals surface area contributed by atoms with E-state index >= 15 is 0 Å². The summed E-state index contributed by atoms with van der Waals surface area (Å²) in [5.74, 6) is 0. The molecule has 4 nitrogen and oxygen atoms in total. The molecule has 0 aliphatic rings. The largest absolute Gasteiger partial charge is 0.309 e. The zero-order valence-electron chi connectivity index (χ0n) is 11.0. The summed E-state index contributed by atoms with van der Waals surface area (Å²) in [4.78, 5) is 1.69. The van der Waals surface area contributed by atoms with Gasteiger partial charge in [0, 0.05) is 0 Å². The van der Waals surface area contributed by atoms with E-state index in [1.54, 1.807) is 4.80 Å². The maximum absolute atomic E-state index is 4.56. The second-order valence-electron chi connectivity index (χ2n) is 4.29. The van der Waals surface area contributed by atoms with Gasteiger partial charge in [-0.1, -0.05) is 38.5 Å². The van der Waals surface area contributed by atoms with Crippen LogP contribution >= 0.6 is 0 Å². The van der Waals surface area contributed by atoms with Crippen molar-refractivity contribution >= 4 is 0 Å². The highest BCUT2D eigenvalue weighted by Gasteiger charge is 2.13. The van der Waals surface area contributed by atoms with E-state index in [1.807, 2.05) is 36.5 Å². The Morgan fingerprint density at radius 1 is 1.22 bits per heavy atom. The van der Waals surface area contributed by atoms with Gasteiger partial charge in [0.25, 0.3) is 0 Å². The minimum atomic E-state index is 0.303. The van der Waals surface area contributed by atoms with Crippen LogP contribution in [0, 0.1) is 0 Å². The summed E-state index contributed by atoms with van der Waals surface area (Å²) in [5.41, 5.74) is 2.01. The van der Waals surface area contributed by atoms with Crippen LogP contribution < -0.4 is 5.32 Å². The van der Waals surface area contributed by atoms with Crippen molar-refractivity contribution < 1.29 is 0 Å². The Bertz CT molecular complexity index is 458. The number of nitrogens with one attached hydrogen (secondary N) is 1. The van der Waals surface area contributed by atoms with Crippen molar-refractivity contribution in [3.8, 4) is 5.69 Å². The van der Waals surface area contributed by atoms with Gasteiger partial charge in [0.1, 0.15) is 5.69 Å². The van der Waals surface area contributed by atoms with Gasteiger partial charge in [0.2, 0.25) is 0 Å². The molecule has 0 bridgehead atoms. The lowest BCUT2D eigenvalue weighted by Gasteiger charge is -2.13. The van der Waals surface area contributed by atoms with Gasteiger partial charge in [-0.15, -0.1) is 0 Å². The van der Waals surface area contributed by atoms with Crippen LogP contribution in [0.2, 0.25) is 0 Å². The first kappa shape index (κ1) is 12.8. The third kappa shape index (κ3) is 2.96. The summed E-state index contributed by atoms with van der Waals surface area (Å²) in [6.45, 7) is 5.25.